The third kappa shape index (κ3) is 2.17. The Balaban J connectivity index is 2.24. The Morgan fingerprint density at radius 1 is 1.73 bits per heavy atom. The van der Waals surface area contributed by atoms with Crippen LogP contribution >= 0.6 is 0 Å². The van der Waals surface area contributed by atoms with E-state index in [-0.39, 0.29) is 12.5 Å². The Hall–Kier alpha value is -0.610. The number of aliphatic carboxylic acids is 1. The minimum Gasteiger partial charge on any atom is -0.481 e. The Morgan fingerprint density at radius 3 is 2.64 bits per heavy atom. The van der Waals surface area contributed by atoms with Crippen molar-refractivity contribution in [1.29, 1.82) is 0 Å². The molecule has 1 unspecified atom stereocenters. The van der Waals surface area contributed by atoms with Gasteiger partial charge in [-0.3, -0.25) is 4.79 Å². The Bertz CT molecular complexity index is 145. The lowest BCUT2D eigenvalue weighted by Gasteiger charge is -2.28. The van der Waals surface area contributed by atoms with Crippen molar-refractivity contribution in [3.8, 4) is 0 Å². The van der Waals surface area contributed by atoms with E-state index >= 15 is 0 Å². The lowest BCUT2D eigenvalue weighted by Crippen LogP contribution is -2.44. The fourth-order valence-corrected chi connectivity index (χ4v) is 1.22. The first kappa shape index (κ1) is 8.49. The van der Waals surface area contributed by atoms with Crippen LogP contribution < -0.4 is 11.1 Å². The summed E-state index contributed by atoms with van der Waals surface area (Å²) in [6.07, 6.45) is 0.721. The van der Waals surface area contributed by atoms with Gasteiger partial charge in [-0.25, -0.2) is 0 Å². The fourth-order valence-electron chi connectivity index (χ4n) is 1.22. The van der Waals surface area contributed by atoms with E-state index in [1.165, 1.54) is 0 Å². The summed E-state index contributed by atoms with van der Waals surface area (Å²) < 4.78 is 0. The Labute approximate surface area is 65.8 Å². The van der Waals surface area contributed by atoms with Gasteiger partial charge in [-0.05, 0) is 25.4 Å². The first-order valence-corrected chi connectivity index (χ1v) is 3.87. The normalized spacial score (nSPS) is 20.8. The predicted molar refractivity (Wildman–Crippen MR) is 41.2 cm³/mol. The van der Waals surface area contributed by atoms with Crippen molar-refractivity contribution in [2.75, 3.05) is 19.6 Å². The summed E-state index contributed by atoms with van der Waals surface area (Å²) in [6, 6.07) is 0. The number of hydrogen-bond donors (Lipinski definition) is 3. The van der Waals surface area contributed by atoms with E-state index in [1.807, 2.05) is 0 Å². The van der Waals surface area contributed by atoms with Gasteiger partial charge in [0.2, 0.25) is 0 Å². The number of nitrogens with two attached hydrogens (primary N) is 1. The topological polar surface area (TPSA) is 75.3 Å². The summed E-state index contributed by atoms with van der Waals surface area (Å²) in [5.74, 6) is -0.582. The highest BCUT2D eigenvalue weighted by atomic mass is 16.4. The second-order valence-electron chi connectivity index (χ2n) is 3.03. The zero-order valence-electron chi connectivity index (χ0n) is 6.42. The van der Waals surface area contributed by atoms with Crippen molar-refractivity contribution in [2.24, 2.45) is 17.6 Å². The third-order valence-corrected chi connectivity index (χ3v) is 2.12. The zero-order valence-corrected chi connectivity index (χ0v) is 6.42. The van der Waals surface area contributed by atoms with E-state index in [1.54, 1.807) is 0 Å². The van der Waals surface area contributed by atoms with Crippen molar-refractivity contribution in [1.82, 2.24) is 5.32 Å². The lowest BCUT2D eigenvalue weighted by molar-refractivity contribution is -0.142. The predicted octanol–water partition coefficient (Wildman–Crippen LogP) is -0.745. The molecule has 0 aliphatic carbocycles. The SMILES string of the molecule is NCC(CC1CNC1)C(=O)O. The van der Waals surface area contributed by atoms with Gasteiger partial charge in [-0.15, -0.1) is 0 Å². The molecule has 1 atom stereocenters. The van der Waals surface area contributed by atoms with Crippen LogP contribution in [0.5, 0.6) is 0 Å². The average Bonchev–Trinajstić information content (AvgIpc) is 1.85. The number of nitrogens with one attached hydrogen (secondary N) is 1. The molecule has 11 heavy (non-hydrogen) atoms. The van der Waals surface area contributed by atoms with Gasteiger partial charge in [0.1, 0.15) is 0 Å². The summed E-state index contributed by atoms with van der Waals surface area (Å²) in [7, 11) is 0. The van der Waals surface area contributed by atoms with Gasteiger partial charge >= 0.3 is 5.97 Å². The van der Waals surface area contributed by atoms with Crippen molar-refractivity contribution < 1.29 is 9.90 Å². The highest BCUT2D eigenvalue weighted by Gasteiger charge is 2.24. The van der Waals surface area contributed by atoms with Gasteiger partial charge < -0.3 is 16.2 Å². The monoisotopic (exact) mass is 158 g/mol. The molecule has 0 amide bonds. The van der Waals surface area contributed by atoms with Crippen molar-refractivity contribution in [3.63, 3.8) is 0 Å². The molecule has 0 aromatic heterocycles. The van der Waals surface area contributed by atoms with E-state index in [9.17, 15) is 4.79 Å². The van der Waals surface area contributed by atoms with Crippen molar-refractivity contribution >= 4 is 5.97 Å². The van der Waals surface area contributed by atoms with Gasteiger partial charge in [-0.2, -0.15) is 0 Å². The molecule has 0 aromatic rings. The second-order valence-corrected chi connectivity index (χ2v) is 3.03. The van der Waals surface area contributed by atoms with E-state index in [4.69, 9.17) is 10.8 Å². The summed E-state index contributed by atoms with van der Waals surface area (Å²) in [5, 5.41) is 11.7. The van der Waals surface area contributed by atoms with Crippen LogP contribution in [0.25, 0.3) is 0 Å². The molecule has 4 nitrogen and oxygen atoms in total. The lowest BCUT2D eigenvalue weighted by atomic mass is 9.90. The van der Waals surface area contributed by atoms with Crippen LogP contribution in [-0.4, -0.2) is 30.7 Å². The largest absolute Gasteiger partial charge is 0.481 e. The molecule has 1 saturated heterocycles. The second kappa shape index (κ2) is 3.69. The maximum atomic E-state index is 10.5. The van der Waals surface area contributed by atoms with E-state index < -0.39 is 5.97 Å². The van der Waals surface area contributed by atoms with Crippen LogP contribution in [0.4, 0.5) is 0 Å². The Kier molecular flexibility index (Phi) is 2.84. The minimum absolute atomic E-state index is 0.256. The quantitative estimate of drug-likeness (QED) is 0.503. The van der Waals surface area contributed by atoms with Gasteiger partial charge in [-0.1, -0.05) is 0 Å². The van der Waals surface area contributed by atoms with Crippen LogP contribution in [0, 0.1) is 11.8 Å². The van der Waals surface area contributed by atoms with E-state index in [0.29, 0.717) is 5.92 Å². The summed E-state index contributed by atoms with van der Waals surface area (Å²) in [4.78, 5) is 10.5. The van der Waals surface area contributed by atoms with Gasteiger partial charge in [0, 0.05) is 6.54 Å². The van der Waals surface area contributed by atoms with Crippen LogP contribution in [0.15, 0.2) is 0 Å². The molecule has 0 bridgehead atoms. The maximum Gasteiger partial charge on any atom is 0.307 e. The molecule has 1 aliphatic heterocycles. The molecule has 4 heteroatoms. The molecule has 1 aliphatic rings. The van der Waals surface area contributed by atoms with Crippen molar-refractivity contribution in [3.05, 3.63) is 0 Å². The van der Waals surface area contributed by atoms with E-state index in [0.717, 1.165) is 19.5 Å². The molecule has 1 heterocycles. The summed E-state index contributed by atoms with van der Waals surface area (Å²) >= 11 is 0. The molecule has 4 N–H and O–H groups in total. The van der Waals surface area contributed by atoms with Crippen LogP contribution in [0.1, 0.15) is 6.42 Å². The standard InChI is InChI=1S/C7H14N2O2/c8-2-6(7(10)11)1-5-3-9-4-5/h5-6,9H,1-4,8H2,(H,10,11). The van der Waals surface area contributed by atoms with Gasteiger partial charge in [0.15, 0.2) is 0 Å². The molecule has 1 rings (SSSR count). The van der Waals surface area contributed by atoms with Gasteiger partial charge in [0.25, 0.3) is 0 Å². The molecule has 0 radical (unpaired) electrons. The Morgan fingerprint density at radius 2 is 2.36 bits per heavy atom. The molecule has 64 valence electrons. The molecular formula is C7H14N2O2. The van der Waals surface area contributed by atoms with Crippen LogP contribution in [-0.2, 0) is 4.79 Å². The first-order chi connectivity index (χ1) is 5.24. The van der Waals surface area contributed by atoms with Gasteiger partial charge in [0.05, 0.1) is 5.92 Å². The zero-order chi connectivity index (χ0) is 8.27. The fraction of sp³-hybridized carbons (Fsp3) is 0.857. The highest BCUT2D eigenvalue weighted by molar-refractivity contribution is 5.70. The molecule has 0 spiro atoms. The highest BCUT2D eigenvalue weighted by Crippen LogP contribution is 2.15. The number of carboxylic acids is 1. The maximum absolute atomic E-state index is 10.5. The first-order valence-electron chi connectivity index (χ1n) is 3.87. The summed E-state index contributed by atoms with van der Waals surface area (Å²) in [6.45, 7) is 2.15. The third-order valence-electron chi connectivity index (χ3n) is 2.12. The summed E-state index contributed by atoms with van der Waals surface area (Å²) in [5.41, 5.74) is 5.30. The van der Waals surface area contributed by atoms with Crippen LogP contribution in [0.2, 0.25) is 0 Å². The smallest absolute Gasteiger partial charge is 0.307 e. The number of carboxylic acid groups (broad SMARTS) is 1. The molecule has 0 aromatic carbocycles. The number of hydrogen-bond acceptors (Lipinski definition) is 3. The number of rotatable bonds is 4. The van der Waals surface area contributed by atoms with Crippen molar-refractivity contribution in [2.45, 2.75) is 6.42 Å². The van der Waals surface area contributed by atoms with E-state index in [2.05, 4.69) is 5.32 Å². The average molecular weight is 158 g/mol. The van der Waals surface area contributed by atoms with Crippen LogP contribution in [0.3, 0.4) is 0 Å². The number of carbonyl (C=O) groups is 1. The molecular weight excluding hydrogens is 144 g/mol. The molecule has 0 saturated carbocycles. The molecule has 1 fully saturated rings. The minimum atomic E-state index is -0.764.